The zero-order valence-electron chi connectivity index (χ0n) is 14.0. The molecule has 8 heteroatoms. The van der Waals surface area contributed by atoms with E-state index in [0.717, 1.165) is 12.8 Å². The molecule has 0 spiro atoms. The number of hydrogen-bond acceptors (Lipinski definition) is 3. The SMILES string of the molecule is CC1CCCN(C(=O)c2ccc(COc3c(F)c(F)cc(F)c3F)o2)C1. The maximum atomic E-state index is 13.6. The Morgan fingerprint density at radius 3 is 2.58 bits per heavy atom. The number of ether oxygens (including phenoxy) is 1. The number of benzene rings is 1. The Hall–Kier alpha value is -2.51. The number of hydrogen-bond donors (Lipinski definition) is 0. The molecule has 26 heavy (non-hydrogen) atoms. The van der Waals surface area contributed by atoms with E-state index >= 15 is 0 Å². The minimum absolute atomic E-state index is 0.0732. The first kappa shape index (κ1) is 18.3. The molecule has 1 fully saturated rings. The van der Waals surface area contributed by atoms with Crippen molar-refractivity contribution < 1.29 is 31.5 Å². The highest BCUT2D eigenvalue weighted by Gasteiger charge is 2.25. The van der Waals surface area contributed by atoms with E-state index < -0.39 is 35.6 Å². The molecule has 1 aromatic carbocycles. The van der Waals surface area contributed by atoms with Crippen LogP contribution in [0.1, 0.15) is 36.1 Å². The summed E-state index contributed by atoms with van der Waals surface area (Å²) in [6, 6.07) is 2.94. The van der Waals surface area contributed by atoms with Gasteiger partial charge in [-0.05, 0) is 30.9 Å². The van der Waals surface area contributed by atoms with E-state index in [1.54, 1.807) is 4.90 Å². The summed E-state index contributed by atoms with van der Waals surface area (Å²) in [5.41, 5.74) is 0. The molecular formula is C18H17F4NO3. The first-order chi connectivity index (χ1) is 12.4. The molecule has 0 bridgehead atoms. The Morgan fingerprint density at radius 1 is 1.23 bits per heavy atom. The normalized spacial score (nSPS) is 17.4. The van der Waals surface area contributed by atoms with E-state index in [9.17, 15) is 22.4 Å². The van der Waals surface area contributed by atoms with Crippen LogP contribution < -0.4 is 4.74 Å². The lowest BCUT2D eigenvalue weighted by Gasteiger charge is -2.30. The molecular weight excluding hydrogens is 354 g/mol. The largest absolute Gasteiger partial charge is 0.479 e. The molecule has 2 heterocycles. The molecule has 1 amide bonds. The second-order valence-electron chi connectivity index (χ2n) is 6.35. The summed E-state index contributed by atoms with van der Waals surface area (Å²) in [7, 11) is 0. The van der Waals surface area contributed by atoms with Gasteiger partial charge in [-0.1, -0.05) is 6.92 Å². The second kappa shape index (κ2) is 7.39. The Bertz CT molecular complexity index is 795. The molecule has 1 aromatic heterocycles. The lowest BCUT2D eigenvalue weighted by Crippen LogP contribution is -2.38. The van der Waals surface area contributed by atoms with Gasteiger partial charge in [-0.2, -0.15) is 8.78 Å². The minimum atomic E-state index is -1.63. The topological polar surface area (TPSA) is 42.7 Å². The van der Waals surface area contributed by atoms with E-state index in [4.69, 9.17) is 9.15 Å². The van der Waals surface area contributed by atoms with Gasteiger partial charge in [-0.15, -0.1) is 0 Å². The number of nitrogens with zero attached hydrogens (tertiary/aromatic N) is 1. The van der Waals surface area contributed by atoms with Gasteiger partial charge in [0, 0.05) is 19.2 Å². The van der Waals surface area contributed by atoms with Crippen molar-refractivity contribution >= 4 is 5.91 Å². The summed E-state index contributed by atoms with van der Waals surface area (Å²) in [6.45, 7) is 2.83. The second-order valence-corrected chi connectivity index (χ2v) is 6.35. The summed E-state index contributed by atoms with van der Waals surface area (Å²) < 4.78 is 63.6. The van der Waals surface area contributed by atoms with Crippen LogP contribution in [0.25, 0.3) is 0 Å². The molecule has 4 nitrogen and oxygen atoms in total. The van der Waals surface area contributed by atoms with Crippen molar-refractivity contribution in [2.45, 2.75) is 26.4 Å². The Labute approximate surface area is 147 Å². The fraction of sp³-hybridized carbons (Fsp3) is 0.389. The van der Waals surface area contributed by atoms with Crippen LogP contribution in [0, 0.1) is 29.2 Å². The van der Waals surface area contributed by atoms with Crippen molar-refractivity contribution in [3.05, 3.63) is 53.0 Å². The summed E-state index contributed by atoms with van der Waals surface area (Å²) in [4.78, 5) is 14.1. The zero-order valence-corrected chi connectivity index (χ0v) is 14.0. The van der Waals surface area contributed by atoms with Crippen molar-refractivity contribution in [3.8, 4) is 5.75 Å². The fourth-order valence-electron chi connectivity index (χ4n) is 2.92. The van der Waals surface area contributed by atoms with E-state index in [2.05, 4.69) is 6.92 Å². The third kappa shape index (κ3) is 3.68. The fourth-order valence-corrected chi connectivity index (χ4v) is 2.92. The van der Waals surface area contributed by atoms with Crippen LogP contribution in [0.15, 0.2) is 22.6 Å². The van der Waals surface area contributed by atoms with E-state index in [1.165, 1.54) is 12.1 Å². The molecule has 1 unspecified atom stereocenters. The smallest absolute Gasteiger partial charge is 0.289 e. The van der Waals surface area contributed by atoms with Crippen molar-refractivity contribution in [1.29, 1.82) is 0 Å². The molecule has 1 saturated heterocycles. The summed E-state index contributed by atoms with van der Waals surface area (Å²) in [5, 5.41) is 0. The lowest BCUT2D eigenvalue weighted by atomic mass is 10.0. The van der Waals surface area contributed by atoms with Gasteiger partial charge in [0.25, 0.3) is 5.91 Å². The minimum Gasteiger partial charge on any atom is -0.479 e. The molecule has 2 aromatic rings. The number of rotatable bonds is 4. The number of amides is 1. The first-order valence-electron chi connectivity index (χ1n) is 8.20. The van der Waals surface area contributed by atoms with Crippen LogP contribution in [-0.2, 0) is 6.61 Å². The van der Waals surface area contributed by atoms with Crippen LogP contribution in [0.2, 0.25) is 0 Å². The van der Waals surface area contributed by atoms with Crippen LogP contribution in [0.5, 0.6) is 5.75 Å². The molecule has 0 aliphatic carbocycles. The van der Waals surface area contributed by atoms with Gasteiger partial charge in [0.1, 0.15) is 12.4 Å². The number of piperidine rings is 1. The molecule has 140 valence electrons. The van der Waals surface area contributed by atoms with Gasteiger partial charge in [0.15, 0.2) is 23.1 Å². The first-order valence-corrected chi connectivity index (χ1v) is 8.20. The lowest BCUT2D eigenvalue weighted by molar-refractivity contribution is 0.0646. The summed E-state index contributed by atoms with van der Waals surface area (Å²) in [6.07, 6.45) is 1.97. The maximum absolute atomic E-state index is 13.6. The maximum Gasteiger partial charge on any atom is 0.289 e. The molecule has 1 atom stereocenters. The van der Waals surface area contributed by atoms with Gasteiger partial charge in [0.2, 0.25) is 11.6 Å². The van der Waals surface area contributed by atoms with Gasteiger partial charge < -0.3 is 14.1 Å². The third-order valence-corrected chi connectivity index (χ3v) is 4.25. The van der Waals surface area contributed by atoms with Crippen LogP contribution in [0.3, 0.4) is 0 Å². The highest BCUT2D eigenvalue weighted by atomic mass is 19.2. The van der Waals surface area contributed by atoms with Crippen molar-refractivity contribution in [2.24, 2.45) is 5.92 Å². The standard InChI is InChI=1S/C18H17F4NO3/c1-10-3-2-6-23(8-10)18(24)14-5-4-11(26-14)9-25-17-15(21)12(19)7-13(20)16(17)22/h4-5,7,10H,2-3,6,8-9H2,1H3. The molecule has 1 aliphatic heterocycles. The zero-order chi connectivity index (χ0) is 18.8. The molecule has 1 aliphatic rings. The van der Waals surface area contributed by atoms with Crippen LogP contribution in [0.4, 0.5) is 17.6 Å². The summed E-state index contributed by atoms with van der Waals surface area (Å²) >= 11 is 0. The number of furan rings is 1. The Balaban J connectivity index is 1.69. The predicted octanol–water partition coefficient (Wildman–Crippen LogP) is 4.29. The Morgan fingerprint density at radius 2 is 1.92 bits per heavy atom. The third-order valence-electron chi connectivity index (χ3n) is 4.25. The van der Waals surface area contributed by atoms with Crippen molar-refractivity contribution in [1.82, 2.24) is 4.90 Å². The van der Waals surface area contributed by atoms with E-state index in [1.807, 2.05) is 0 Å². The molecule has 0 radical (unpaired) electrons. The van der Waals surface area contributed by atoms with Gasteiger partial charge in [0.05, 0.1) is 0 Å². The van der Waals surface area contributed by atoms with Gasteiger partial charge in [-0.3, -0.25) is 4.79 Å². The number of halogens is 4. The van der Waals surface area contributed by atoms with E-state index in [-0.39, 0.29) is 23.5 Å². The molecule has 0 N–H and O–H groups in total. The monoisotopic (exact) mass is 371 g/mol. The number of likely N-dealkylation sites (tertiary alicyclic amines) is 1. The highest BCUT2D eigenvalue weighted by Crippen LogP contribution is 2.27. The predicted molar refractivity (Wildman–Crippen MR) is 83.6 cm³/mol. The van der Waals surface area contributed by atoms with Gasteiger partial charge in [-0.25, -0.2) is 8.78 Å². The van der Waals surface area contributed by atoms with Crippen LogP contribution in [-0.4, -0.2) is 23.9 Å². The van der Waals surface area contributed by atoms with Crippen molar-refractivity contribution in [3.63, 3.8) is 0 Å². The molecule has 0 saturated carbocycles. The Kier molecular flexibility index (Phi) is 5.20. The van der Waals surface area contributed by atoms with Crippen molar-refractivity contribution in [2.75, 3.05) is 13.1 Å². The highest BCUT2D eigenvalue weighted by molar-refractivity contribution is 5.91. The van der Waals surface area contributed by atoms with Gasteiger partial charge >= 0.3 is 0 Å². The number of carbonyl (C=O) groups excluding carboxylic acids is 1. The summed E-state index contributed by atoms with van der Waals surface area (Å²) in [5.74, 6) is -7.26. The van der Waals surface area contributed by atoms with E-state index in [0.29, 0.717) is 19.0 Å². The molecule has 3 rings (SSSR count). The van der Waals surface area contributed by atoms with Crippen LogP contribution >= 0.6 is 0 Å². The quantitative estimate of drug-likeness (QED) is 0.595. The number of carbonyl (C=O) groups is 1. The average Bonchev–Trinajstić information content (AvgIpc) is 3.08. The average molecular weight is 371 g/mol.